The molecule has 0 saturated carbocycles. The lowest BCUT2D eigenvalue weighted by molar-refractivity contribution is -0.156. The first kappa shape index (κ1) is 41.1. The van der Waals surface area contributed by atoms with E-state index < -0.39 is 60.2 Å². The fraction of sp³-hybridized carbons (Fsp3) is 0.442. The van der Waals surface area contributed by atoms with Crippen LogP contribution in [0.1, 0.15) is 70.9 Å². The summed E-state index contributed by atoms with van der Waals surface area (Å²) < 4.78 is 0. The summed E-state index contributed by atoms with van der Waals surface area (Å²) in [6.45, 7) is 7.42. The molecular weight excluding hydrogens is 668 g/mol. The number of aliphatic hydroxyl groups excluding tert-OH is 2. The van der Waals surface area contributed by atoms with Crippen LogP contribution in [0.3, 0.4) is 0 Å². The molecule has 0 aromatic heterocycles. The predicted octanol–water partition coefficient (Wildman–Crippen LogP) is 5.03. The zero-order valence-electron chi connectivity index (χ0n) is 31.4. The van der Waals surface area contributed by atoms with Gasteiger partial charge in [0, 0.05) is 12.3 Å². The first-order valence-electron chi connectivity index (χ1n) is 18.8. The minimum Gasteiger partial charge on any atom is -0.394 e. The Morgan fingerprint density at radius 1 is 0.792 bits per heavy atom. The third kappa shape index (κ3) is 10.9. The Balaban J connectivity index is 1.82. The number of benzene rings is 4. The maximum Gasteiger partial charge on any atom is 0.246 e. The summed E-state index contributed by atoms with van der Waals surface area (Å²) in [4.78, 5) is 55.9. The van der Waals surface area contributed by atoms with Gasteiger partial charge in [0.1, 0.15) is 0 Å². The molecule has 4 aromatic rings. The van der Waals surface area contributed by atoms with Crippen LogP contribution in [0.15, 0.2) is 84.9 Å². The van der Waals surface area contributed by atoms with Gasteiger partial charge in [-0.25, -0.2) is 0 Å². The molecule has 5 atom stereocenters. The number of hydrogen-bond acceptors (Lipinski definition) is 7. The number of carbonyl (C=O) groups excluding carboxylic acids is 4. The van der Waals surface area contributed by atoms with Gasteiger partial charge in [-0.15, -0.1) is 0 Å². The van der Waals surface area contributed by atoms with Crippen LogP contribution >= 0.6 is 0 Å². The number of fused-ring (bicyclic) bond motifs is 2. The van der Waals surface area contributed by atoms with Crippen LogP contribution in [-0.4, -0.2) is 69.6 Å². The van der Waals surface area contributed by atoms with Crippen molar-refractivity contribution < 1.29 is 29.4 Å². The summed E-state index contributed by atoms with van der Waals surface area (Å²) in [6, 6.07) is 24.8. The van der Waals surface area contributed by atoms with E-state index in [1.165, 1.54) is 0 Å². The minimum atomic E-state index is -1.44. The SMILES string of the molecule is CC[C@H](C)[C@@H](CO)NC(=O)C[C@H](O)[C@H](CC(C)C)N(C(=O)C(Cc1cccc2ccccc12)Cc1cccc2ccccc12)C(=O)[C@@H](N)CCC(N)=O. The molecule has 0 saturated heterocycles. The van der Waals surface area contributed by atoms with Gasteiger partial charge in [-0.3, -0.25) is 24.1 Å². The summed E-state index contributed by atoms with van der Waals surface area (Å²) in [5.74, 6) is -3.29. The highest BCUT2D eigenvalue weighted by molar-refractivity contribution is 6.00. The number of nitrogens with zero attached hydrogens (tertiary/aromatic N) is 1. The lowest BCUT2D eigenvalue weighted by Gasteiger charge is -2.38. The number of hydrogen-bond donors (Lipinski definition) is 5. The smallest absolute Gasteiger partial charge is 0.246 e. The zero-order chi connectivity index (χ0) is 38.7. The van der Waals surface area contributed by atoms with Gasteiger partial charge in [-0.2, -0.15) is 0 Å². The molecule has 4 amide bonds. The summed E-state index contributed by atoms with van der Waals surface area (Å²) in [5, 5.41) is 28.6. The Labute approximate surface area is 312 Å². The molecule has 0 bridgehead atoms. The highest BCUT2D eigenvalue weighted by Gasteiger charge is 2.41. The van der Waals surface area contributed by atoms with Gasteiger partial charge in [0.2, 0.25) is 23.6 Å². The van der Waals surface area contributed by atoms with Crippen LogP contribution in [0, 0.1) is 17.8 Å². The van der Waals surface area contributed by atoms with Gasteiger partial charge < -0.3 is 27.0 Å². The second-order valence-corrected chi connectivity index (χ2v) is 14.8. The van der Waals surface area contributed by atoms with Crippen molar-refractivity contribution in [1.29, 1.82) is 0 Å². The second-order valence-electron chi connectivity index (χ2n) is 14.8. The van der Waals surface area contributed by atoms with E-state index in [4.69, 9.17) is 11.5 Å². The molecule has 10 nitrogen and oxygen atoms in total. The second kappa shape index (κ2) is 19.4. The summed E-state index contributed by atoms with van der Waals surface area (Å²) in [5.41, 5.74) is 13.7. The largest absolute Gasteiger partial charge is 0.394 e. The molecule has 0 aliphatic carbocycles. The number of primary amides is 1. The molecule has 0 heterocycles. The van der Waals surface area contributed by atoms with Crippen LogP contribution in [0.5, 0.6) is 0 Å². The Bertz CT molecular complexity index is 1770. The quantitative estimate of drug-likeness (QED) is 0.0901. The maximum absolute atomic E-state index is 15.3. The molecule has 4 aromatic carbocycles. The Kier molecular flexibility index (Phi) is 15.1. The Morgan fingerprint density at radius 2 is 1.32 bits per heavy atom. The monoisotopic (exact) mass is 724 g/mol. The molecule has 7 N–H and O–H groups in total. The molecule has 0 aliphatic heterocycles. The van der Waals surface area contributed by atoms with Crippen LogP contribution < -0.4 is 16.8 Å². The lowest BCUT2D eigenvalue weighted by Crippen LogP contribution is -2.58. The molecule has 0 aliphatic rings. The minimum absolute atomic E-state index is 0.0145. The van der Waals surface area contributed by atoms with Crippen molar-refractivity contribution in [3.05, 3.63) is 96.1 Å². The van der Waals surface area contributed by atoms with Crippen LogP contribution in [-0.2, 0) is 32.0 Å². The topological polar surface area (TPSA) is 176 Å². The molecule has 0 radical (unpaired) electrons. The molecule has 0 spiro atoms. The first-order chi connectivity index (χ1) is 25.3. The van der Waals surface area contributed by atoms with Crippen LogP contribution in [0.2, 0.25) is 0 Å². The Hall–Kier alpha value is -4.64. The van der Waals surface area contributed by atoms with E-state index in [9.17, 15) is 24.6 Å². The number of imide groups is 1. The van der Waals surface area contributed by atoms with Crippen LogP contribution in [0.4, 0.5) is 0 Å². The van der Waals surface area contributed by atoms with Crippen molar-refractivity contribution in [1.82, 2.24) is 10.2 Å². The molecule has 0 unspecified atom stereocenters. The number of amides is 4. The van der Waals surface area contributed by atoms with Crippen molar-refractivity contribution >= 4 is 45.2 Å². The van der Waals surface area contributed by atoms with Gasteiger partial charge in [0.15, 0.2) is 0 Å². The van der Waals surface area contributed by atoms with E-state index in [-0.39, 0.29) is 50.5 Å². The van der Waals surface area contributed by atoms with E-state index in [2.05, 4.69) is 5.32 Å². The number of rotatable bonds is 19. The van der Waals surface area contributed by atoms with Crippen molar-refractivity contribution in [3.63, 3.8) is 0 Å². The predicted molar refractivity (Wildman–Crippen MR) is 209 cm³/mol. The van der Waals surface area contributed by atoms with E-state index in [1.54, 1.807) is 0 Å². The van der Waals surface area contributed by atoms with Gasteiger partial charge in [-0.1, -0.05) is 119 Å². The number of nitrogens with two attached hydrogens (primary N) is 2. The van der Waals surface area contributed by atoms with E-state index in [0.717, 1.165) is 44.0 Å². The van der Waals surface area contributed by atoms with Crippen molar-refractivity contribution in [2.45, 2.75) is 96.9 Å². The summed E-state index contributed by atoms with van der Waals surface area (Å²) in [7, 11) is 0. The standard InChI is InChI=1S/C43H56N4O6/c1-5-28(4)37(26-48)46-41(51)25-39(49)38(22-27(2)3)47(43(53)36(44)20-21-40(45)50)42(52)33(23-31-16-10-14-29-12-6-8-18-34(29)31)24-32-17-11-15-30-13-7-9-19-35(30)32/h6-19,27-28,33,36-39,48-49H,5,20-26,44H2,1-4H3,(H2,45,50)(H,46,51)/t28-,36-,37+,38-,39-/m0/s1. The molecule has 4 rings (SSSR count). The van der Waals surface area contributed by atoms with Crippen molar-refractivity contribution in [2.24, 2.45) is 29.2 Å². The first-order valence-corrected chi connectivity index (χ1v) is 18.8. The number of carbonyl (C=O) groups is 4. The number of aliphatic hydroxyl groups is 2. The van der Waals surface area contributed by atoms with Gasteiger partial charge >= 0.3 is 0 Å². The summed E-state index contributed by atoms with van der Waals surface area (Å²) >= 11 is 0. The Morgan fingerprint density at radius 3 is 1.81 bits per heavy atom. The molecule has 284 valence electrons. The third-order valence-electron chi connectivity index (χ3n) is 10.3. The highest BCUT2D eigenvalue weighted by Crippen LogP contribution is 2.30. The van der Waals surface area contributed by atoms with E-state index in [0.29, 0.717) is 0 Å². The zero-order valence-corrected chi connectivity index (χ0v) is 31.4. The third-order valence-corrected chi connectivity index (χ3v) is 10.3. The molecule has 0 fully saturated rings. The van der Waals surface area contributed by atoms with Crippen molar-refractivity contribution in [3.8, 4) is 0 Å². The fourth-order valence-electron chi connectivity index (χ4n) is 7.11. The summed E-state index contributed by atoms with van der Waals surface area (Å²) in [6.07, 6.45) is -0.633. The van der Waals surface area contributed by atoms with Gasteiger partial charge in [0.05, 0.1) is 37.3 Å². The number of nitrogens with one attached hydrogen (secondary N) is 1. The average molecular weight is 725 g/mol. The maximum atomic E-state index is 15.3. The normalized spacial score (nSPS) is 14.5. The molecule has 53 heavy (non-hydrogen) atoms. The highest BCUT2D eigenvalue weighted by atomic mass is 16.3. The van der Waals surface area contributed by atoms with Crippen LogP contribution in [0.25, 0.3) is 21.5 Å². The fourth-order valence-corrected chi connectivity index (χ4v) is 7.11. The molecular formula is C43H56N4O6. The van der Waals surface area contributed by atoms with E-state index in [1.807, 2.05) is 113 Å². The van der Waals surface area contributed by atoms with Crippen molar-refractivity contribution in [2.75, 3.05) is 6.61 Å². The van der Waals surface area contributed by atoms with E-state index >= 15 is 4.79 Å². The lowest BCUT2D eigenvalue weighted by atomic mass is 9.86. The van der Waals surface area contributed by atoms with Gasteiger partial charge in [0.25, 0.3) is 0 Å². The van der Waals surface area contributed by atoms with Gasteiger partial charge in [-0.05, 0) is 70.2 Å². The average Bonchev–Trinajstić information content (AvgIpc) is 3.14. The molecule has 10 heteroatoms.